The molecule has 2 aromatic rings. The minimum absolute atomic E-state index is 0.0000406. The van der Waals surface area contributed by atoms with Crippen LogP contribution >= 0.6 is 0 Å². The Balaban J connectivity index is 2.34. The Bertz CT molecular complexity index is 634. The molecule has 112 valence electrons. The van der Waals surface area contributed by atoms with E-state index in [0.29, 0.717) is 17.5 Å². The summed E-state index contributed by atoms with van der Waals surface area (Å²) in [6, 6.07) is 7.59. The third-order valence-electron chi connectivity index (χ3n) is 3.09. The normalized spacial score (nSPS) is 12.0. The Morgan fingerprint density at radius 3 is 2.43 bits per heavy atom. The van der Waals surface area contributed by atoms with Crippen molar-refractivity contribution in [2.45, 2.75) is 6.04 Å². The molecule has 0 amide bonds. The van der Waals surface area contributed by atoms with Crippen molar-refractivity contribution in [2.24, 2.45) is 5.73 Å². The summed E-state index contributed by atoms with van der Waals surface area (Å²) >= 11 is 0. The molecule has 3 N–H and O–H groups in total. The Morgan fingerprint density at radius 1 is 1.10 bits per heavy atom. The third-order valence-corrected chi connectivity index (χ3v) is 3.09. The van der Waals surface area contributed by atoms with E-state index < -0.39 is 23.5 Å². The van der Waals surface area contributed by atoms with Gasteiger partial charge in [0.15, 0.2) is 11.6 Å². The second-order valence-electron chi connectivity index (χ2n) is 4.42. The molecule has 0 fully saturated rings. The van der Waals surface area contributed by atoms with Crippen molar-refractivity contribution in [2.75, 3.05) is 19.0 Å². The van der Waals surface area contributed by atoms with E-state index in [4.69, 9.17) is 10.5 Å². The predicted molar refractivity (Wildman–Crippen MR) is 74.7 cm³/mol. The number of ether oxygens (including phenoxy) is 1. The van der Waals surface area contributed by atoms with Crippen LogP contribution in [0.5, 0.6) is 5.75 Å². The summed E-state index contributed by atoms with van der Waals surface area (Å²) in [5, 5.41) is 2.97. The Hall–Kier alpha value is -2.21. The van der Waals surface area contributed by atoms with Crippen molar-refractivity contribution in [3.05, 3.63) is 59.4 Å². The van der Waals surface area contributed by atoms with E-state index in [1.165, 1.54) is 7.11 Å². The first kappa shape index (κ1) is 15.2. The summed E-state index contributed by atoms with van der Waals surface area (Å²) in [4.78, 5) is 0. The molecule has 21 heavy (non-hydrogen) atoms. The molecule has 0 aliphatic heterocycles. The van der Waals surface area contributed by atoms with Crippen molar-refractivity contribution in [1.29, 1.82) is 0 Å². The van der Waals surface area contributed by atoms with E-state index in [1.807, 2.05) is 0 Å². The highest BCUT2D eigenvalue weighted by atomic mass is 19.2. The summed E-state index contributed by atoms with van der Waals surface area (Å²) in [5.41, 5.74) is 6.16. The average molecular weight is 296 g/mol. The van der Waals surface area contributed by atoms with E-state index in [9.17, 15) is 13.2 Å². The van der Waals surface area contributed by atoms with Crippen LogP contribution in [0, 0.1) is 17.5 Å². The number of nitrogens with two attached hydrogens (primary N) is 1. The van der Waals surface area contributed by atoms with Gasteiger partial charge in [-0.2, -0.15) is 0 Å². The third kappa shape index (κ3) is 3.28. The highest BCUT2D eigenvalue weighted by Crippen LogP contribution is 2.29. The van der Waals surface area contributed by atoms with E-state index in [0.717, 1.165) is 6.07 Å². The zero-order valence-electron chi connectivity index (χ0n) is 11.4. The highest BCUT2D eigenvalue weighted by Gasteiger charge is 2.19. The largest absolute Gasteiger partial charge is 0.495 e. The first-order valence-electron chi connectivity index (χ1n) is 6.31. The van der Waals surface area contributed by atoms with E-state index in [-0.39, 0.29) is 12.1 Å². The topological polar surface area (TPSA) is 47.3 Å². The monoisotopic (exact) mass is 296 g/mol. The molecular weight excluding hydrogens is 281 g/mol. The van der Waals surface area contributed by atoms with E-state index >= 15 is 0 Å². The lowest BCUT2D eigenvalue weighted by Gasteiger charge is -2.21. The van der Waals surface area contributed by atoms with Gasteiger partial charge >= 0.3 is 0 Å². The molecule has 2 rings (SSSR count). The molecular formula is C15H15F3N2O. The Kier molecular flexibility index (Phi) is 4.70. The second-order valence-corrected chi connectivity index (χ2v) is 4.42. The maximum atomic E-state index is 13.8. The molecule has 0 heterocycles. The number of methoxy groups -OCH3 is 1. The maximum Gasteiger partial charge on any atom is 0.161 e. The zero-order valence-corrected chi connectivity index (χ0v) is 11.4. The molecule has 0 spiro atoms. The van der Waals surface area contributed by atoms with Gasteiger partial charge in [0.1, 0.15) is 11.6 Å². The van der Waals surface area contributed by atoms with Gasteiger partial charge in [0.2, 0.25) is 0 Å². The summed E-state index contributed by atoms with van der Waals surface area (Å²) in [5.74, 6) is -2.67. The minimum Gasteiger partial charge on any atom is -0.495 e. The molecule has 0 aliphatic carbocycles. The van der Waals surface area contributed by atoms with Crippen LogP contribution in [0.1, 0.15) is 11.6 Å². The van der Waals surface area contributed by atoms with Gasteiger partial charge in [-0.3, -0.25) is 0 Å². The number of benzene rings is 2. The fourth-order valence-corrected chi connectivity index (χ4v) is 2.02. The van der Waals surface area contributed by atoms with Gasteiger partial charge in [0.05, 0.1) is 18.8 Å². The molecule has 3 nitrogen and oxygen atoms in total. The molecule has 1 atom stereocenters. The van der Waals surface area contributed by atoms with Crippen LogP contribution in [0.25, 0.3) is 0 Å². The summed E-state index contributed by atoms with van der Waals surface area (Å²) in [7, 11) is 1.50. The van der Waals surface area contributed by atoms with Gasteiger partial charge in [0, 0.05) is 18.2 Å². The molecule has 0 saturated heterocycles. The number of hydrogen-bond donors (Lipinski definition) is 2. The predicted octanol–water partition coefficient (Wildman–Crippen LogP) is 3.22. The van der Waals surface area contributed by atoms with Crippen LogP contribution in [0.15, 0.2) is 36.4 Å². The zero-order chi connectivity index (χ0) is 15.4. The highest BCUT2D eigenvalue weighted by molar-refractivity contribution is 5.57. The summed E-state index contributed by atoms with van der Waals surface area (Å²) in [6.07, 6.45) is 0. The molecule has 0 radical (unpaired) electrons. The van der Waals surface area contributed by atoms with Crippen LogP contribution in [0.3, 0.4) is 0 Å². The van der Waals surface area contributed by atoms with Crippen molar-refractivity contribution in [3.8, 4) is 5.75 Å². The van der Waals surface area contributed by atoms with Crippen LogP contribution in [-0.2, 0) is 0 Å². The van der Waals surface area contributed by atoms with Gasteiger partial charge in [-0.05, 0) is 18.2 Å². The van der Waals surface area contributed by atoms with E-state index in [2.05, 4.69) is 5.32 Å². The van der Waals surface area contributed by atoms with Crippen molar-refractivity contribution in [3.63, 3.8) is 0 Å². The van der Waals surface area contributed by atoms with Gasteiger partial charge in [0.25, 0.3) is 0 Å². The summed E-state index contributed by atoms with van der Waals surface area (Å²) < 4.78 is 45.3. The SMILES string of the molecule is COc1ccccc1NC(CN)c1cc(F)c(F)cc1F. The van der Waals surface area contributed by atoms with Crippen molar-refractivity contribution in [1.82, 2.24) is 0 Å². The van der Waals surface area contributed by atoms with Crippen LogP contribution < -0.4 is 15.8 Å². The molecule has 0 aliphatic rings. The smallest absolute Gasteiger partial charge is 0.161 e. The quantitative estimate of drug-likeness (QED) is 0.833. The van der Waals surface area contributed by atoms with E-state index in [1.54, 1.807) is 24.3 Å². The molecule has 0 bridgehead atoms. The van der Waals surface area contributed by atoms with Crippen LogP contribution in [0.2, 0.25) is 0 Å². The fourth-order valence-electron chi connectivity index (χ4n) is 2.02. The minimum atomic E-state index is -1.23. The Morgan fingerprint density at radius 2 is 1.76 bits per heavy atom. The molecule has 2 aromatic carbocycles. The van der Waals surface area contributed by atoms with Crippen LogP contribution in [-0.4, -0.2) is 13.7 Å². The molecule has 6 heteroatoms. The lowest BCUT2D eigenvalue weighted by molar-refractivity contribution is 0.416. The second kappa shape index (κ2) is 6.49. The first-order valence-corrected chi connectivity index (χ1v) is 6.31. The number of para-hydroxylation sites is 2. The molecule has 0 saturated carbocycles. The van der Waals surface area contributed by atoms with Gasteiger partial charge in [-0.15, -0.1) is 0 Å². The van der Waals surface area contributed by atoms with Crippen molar-refractivity contribution >= 4 is 5.69 Å². The molecule has 1 unspecified atom stereocenters. The van der Waals surface area contributed by atoms with Gasteiger partial charge < -0.3 is 15.8 Å². The maximum absolute atomic E-state index is 13.8. The van der Waals surface area contributed by atoms with Gasteiger partial charge in [-0.25, -0.2) is 13.2 Å². The number of hydrogen-bond acceptors (Lipinski definition) is 3. The lowest BCUT2D eigenvalue weighted by atomic mass is 10.1. The number of nitrogens with one attached hydrogen (secondary N) is 1. The van der Waals surface area contributed by atoms with Gasteiger partial charge in [-0.1, -0.05) is 12.1 Å². The standard InChI is InChI=1S/C15H15F3N2O/c1-21-15-5-3-2-4-13(15)20-14(8-19)9-6-11(17)12(18)7-10(9)16/h2-7,14,20H,8,19H2,1H3. The molecule has 0 aromatic heterocycles. The lowest BCUT2D eigenvalue weighted by Crippen LogP contribution is -2.22. The average Bonchev–Trinajstić information content (AvgIpc) is 2.49. The first-order chi connectivity index (χ1) is 10.1. The number of rotatable bonds is 5. The Labute approximate surface area is 120 Å². The summed E-state index contributed by atoms with van der Waals surface area (Å²) in [6.45, 7) is 0.0000406. The number of halogens is 3. The fraction of sp³-hybridized carbons (Fsp3) is 0.200. The van der Waals surface area contributed by atoms with Crippen LogP contribution in [0.4, 0.5) is 18.9 Å². The van der Waals surface area contributed by atoms with Crippen molar-refractivity contribution < 1.29 is 17.9 Å². The number of anilines is 1.